The summed E-state index contributed by atoms with van der Waals surface area (Å²) in [5, 5.41) is 0.372. The van der Waals surface area contributed by atoms with Crippen LogP contribution < -0.4 is 4.74 Å². The second kappa shape index (κ2) is 7.12. The number of alkyl halides is 3. The van der Waals surface area contributed by atoms with Crippen molar-refractivity contribution in [3.8, 4) is 5.88 Å². The van der Waals surface area contributed by atoms with Gasteiger partial charge in [-0.1, -0.05) is 23.2 Å². The molecular weight excluding hydrogens is 428 g/mol. The maximum absolute atomic E-state index is 12.7. The van der Waals surface area contributed by atoms with Crippen LogP contribution in [0.15, 0.2) is 35.4 Å². The van der Waals surface area contributed by atoms with Crippen LogP contribution >= 0.6 is 23.2 Å². The molecule has 0 saturated carbocycles. The molecule has 0 N–H and O–H groups in total. The highest BCUT2D eigenvalue weighted by Gasteiger charge is 2.39. The van der Waals surface area contributed by atoms with Crippen LogP contribution in [0.4, 0.5) is 13.2 Å². The first-order valence-electron chi connectivity index (χ1n) is 7.64. The lowest BCUT2D eigenvalue weighted by Gasteiger charge is -2.37. The van der Waals surface area contributed by atoms with Crippen LogP contribution in [0, 0.1) is 6.92 Å². The summed E-state index contributed by atoms with van der Waals surface area (Å²) >= 11 is 11.9. The number of aryl methyl sites for hydroxylation is 1. The van der Waals surface area contributed by atoms with Gasteiger partial charge < -0.3 is 4.74 Å². The monoisotopic (exact) mass is 440 g/mol. The third kappa shape index (κ3) is 4.16. The number of rotatable bonds is 4. The van der Waals surface area contributed by atoms with Gasteiger partial charge in [-0.2, -0.15) is 17.5 Å². The Balaban J connectivity index is 1.66. The number of ether oxygens (including phenoxy) is 1. The fourth-order valence-corrected chi connectivity index (χ4v) is 4.74. The summed E-state index contributed by atoms with van der Waals surface area (Å²) < 4.78 is 69.4. The molecule has 11 heteroatoms. The largest absolute Gasteiger partial charge is 0.472 e. The van der Waals surface area contributed by atoms with E-state index in [-0.39, 0.29) is 28.9 Å². The number of nitrogens with zero attached hydrogens (tertiary/aromatic N) is 2. The molecule has 0 unspecified atom stereocenters. The number of hydrogen-bond acceptors (Lipinski definition) is 4. The van der Waals surface area contributed by atoms with Gasteiger partial charge in [-0.15, -0.1) is 0 Å². The van der Waals surface area contributed by atoms with Crippen molar-refractivity contribution < 1.29 is 26.3 Å². The fourth-order valence-electron chi connectivity index (χ4n) is 2.43. The second-order valence-electron chi connectivity index (χ2n) is 5.98. The van der Waals surface area contributed by atoms with Crippen molar-refractivity contribution in [2.24, 2.45) is 0 Å². The number of aromatic nitrogens is 1. The van der Waals surface area contributed by atoms with Crippen molar-refractivity contribution in [2.45, 2.75) is 24.1 Å². The summed E-state index contributed by atoms with van der Waals surface area (Å²) in [5.74, 6) is -0.00887. The zero-order valence-electron chi connectivity index (χ0n) is 13.8. The van der Waals surface area contributed by atoms with Gasteiger partial charge in [-0.3, -0.25) is 0 Å². The van der Waals surface area contributed by atoms with Gasteiger partial charge in [0.2, 0.25) is 15.9 Å². The topological polar surface area (TPSA) is 59.5 Å². The molecule has 0 radical (unpaired) electrons. The Labute approximate surface area is 163 Å². The van der Waals surface area contributed by atoms with E-state index in [0.29, 0.717) is 16.8 Å². The SMILES string of the molecule is Cc1cc(S(=O)(=O)N2CC(Oc3ccc(C(F)(F)F)cn3)C2)c(Cl)cc1Cl. The van der Waals surface area contributed by atoms with Gasteiger partial charge in [0.1, 0.15) is 11.0 Å². The Morgan fingerprint density at radius 1 is 1.19 bits per heavy atom. The van der Waals surface area contributed by atoms with Crippen LogP contribution in [0.1, 0.15) is 11.1 Å². The molecule has 1 aliphatic rings. The van der Waals surface area contributed by atoms with Gasteiger partial charge in [0.05, 0.1) is 23.7 Å². The van der Waals surface area contributed by atoms with Crippen LogP contribution in [-0.2, 0) is 16.2 Å². The highest BCUT2D eigenvalue weighted by Crippen LogP contribution is 2.33. The molecule has 0 aliphatic carbocycles. The van der Waals surface area contributed by atoms with Crippen molar-refractivity contribution in [3.05, 3.63) is 51.6 Å². The van der Waals surface area contributed by atoms with E-state index in [4.69, 9.17) is 27.9 Å². The zero-order chi connectivity index (χ0) is 20.0. The lowest BCUT2D eigenvalue weighted by atomic mass is 10.2. The van der Waals surface area contributed by atoms with Gasteiger partial charge in [0.25, 0.3) is 0 Å². The van der Waals surface area contributed by atoms with Gasteiger partial charge in [-0.05, 0) is 30.7 Å². The molecule has 1 aromatic heterocycles. The van der Waals surface area contributed by atoms with E-state index < -0.39 is 27.9 Å². The quantitative estimate of drug-likeness (QED) is 0.715. The molecule has 1 saturated heterocycles. The molecule has 3 rings (SSSR count). The van der Waals surface area contributed by atoms with E-state index in [9.17, 15) is 21.6 Å². The summed E-state index contributed by atoms with van der Waals surface area (Å²) in [6, 6.07) is 4.71. The molecule has 0 atom stereocenters. The van der Waals surface area contributed by atoms with Gasteiger partial charge in [0, 0.05) is 17.3 Å². The molecular formula is C16H13Cl2F3N2O3S. The fraction of sp³-hybridized carbons (Fsp3) is 0.312. The van der Waals surface area contributed by atoms with Crippen LogP contribution in [0.3, 0.4) is 0 Å². The molecule has 1 fully saturated rings. The van der Waals surface area contributed by atoms with E-state index in [1.807, 2.05) is 0 Å². The molecule has 2 aromatic rings. The summed E-state index contributed by atoms with van der Waals surface area (Å²) in [7, 11) is -3.83. The third-order valence-corrected chi connectivity index (χ3v) is 6.70. The average Bonchev–Trinajstić information content (AvgIpc) is 2.53. The maximum atomic E-state index is 12.7. The summed E-state index contributed by atoms with van der Waals surface area (Å²) in [6.07, 6.45) is -4.34. The van der Waals surface area contributed by atoms with Crippen LogP contribution in [0.2, 0.25) is 10.0 Å². The Kier molecular flexibility index (Phi) is 5.33. The molecule has 0 bridgehead atoms. The lowest BCUT2D eigenvalue weighted by Crippen LogP contribution is -2.56. The maximum Gasteiger partial charge on any atom is 0.417 e. The molecule has 27 heavy (non-hydrogen) atoms. The van der Waals surface area contributed by atoms with E-state index in [0.717, 1.165) is 16.4 Å². The van der Waals surface area contributed by atoms with E-state index in [2.05, 4.69) is 4.98 Å². The Morgan fingerprint density at radius 3 is 2.41 bits per heavy atom. The van der Waals surface area contributed by atoms with E-state index in [1.54, 1.807) is 6.92 Å². The molecule has 2 heterocycles. The minimum atomic E-state index is -4.48. The predicted molar refractivity (Wildman–Crippen MR) is 93.6 cm³/mol. The van der Waals surface area contributed by atoms with Gasteiger partial charge >= 0.3 is 6.18 Å². The first-order chi connectivity index (χ1) is 12.5. The molecule has 5 nitrogen and oxygen atoms in total. The molecule has 1 aromatic carbocycles. The minimum Gasteiger partial charge on any atom is -0.472 e. The number of hydrogen-bond donors (Lipinski definition) is 0. The smallest absolute Gasteiger partial charge is 0.417 e. The predicted octanol–water partition coefficient (Wildman–Crippen LogP) is 4.17. The number of pyridine rings is 1. The molecule has 1 aliphatic heterocycles. The molecule has 0 spiro atoms. The van der Waals surface area contributed by atoms with E-state index >= 15 is 0 Å². The Morgan fingerprint density at radius 2 is 1.85 bits per heavy atom. The zero-order valence-corrected chi connectivity index (χ0v) is 16.1. The number of sulfonamides is 1. The van der Waals surface area contributed by atoms with Crippen LogP contribution in [-0.4, -0.2) is 36.9 Å². The summed E-state index contributed by atoms with van der Waals surface area (Å²) in [5.41, 5.74) is -0.317. The number of halogens is 5. The lowest BCUT2D eigenvalue weighted by molar-refractivity contribution is -0.137. The van der Waals surface area contributed by atoms with Crippen molar-refractivity contribution in [1.82, 2.24) is 9.29 Å². The Bertz CT molecular complexity index is 960. The minimum absolute atomic E-state index is 0.00887. The molecule has 146 valence electrons. The first-order valence-corrected chi connectivity index (χ1v) is 9.84. The van der Waals surface area contributed by atoms with Crippen molar-refractivity contribution in [1.29, 1.82) is 0 Å². The standard InChI is InChI=1S/C16H13Cl2F3N2O3S/c1-9-4-14(13(18)5-12(9)17)27(24,25)23-7-11(8-23)26-15-3-2-10(6-22-15)16(19,20)21/h2-6,11H,7-8H2,1H3. The second-order valence-corrected chi connectivity index (χ2v) is 8.70. The number of benzene rings is 1. The van der Waals surface area contributed by atoms with Crippen molar-refractivity contribution in [2.75, 3.05) is 13.1 Å². The van der Waals surface area contributed by atoms with Crippen LogP contribution in [0.5, 0.6) is 5.88 Å². The Hall–Kier alpha value is -1.55. The van der Waals surface area contributed by atoms with Gasteiger partial charge in [-0.25, -0.2) is 13.4 Å². The first kappa shape index (κ1) is 20.2. The van der Waals surface area contributed by atoms with Crippen molar-refractivity contribution >= 4 is 33.2 Å². The van der Waals surface area contributed by atoms with Crippen molar-refractivity contribution in [3.63, 3.8) is 0 Å². The highest BCUT2D eigenvalue weighted by molar-refractivity contribution is 7.89. The highest BCUT2D eigenvalue weighted by atomic mass is 35.5. The molecule has 0 amide bonds. The normalized spacial score (nSPS) is 16.2. The van der Waals surface area contributed by atoms with Gasteiger partial charge in [0.15, 0.2) is 0 Å². The average molecular weight is 441 g/mol. The van der Waals surface area contributed by atoms with E-state index in [1.165, 1.54) is 12.1 Å². The summed E-state index contributed by atoms with van der Waals surface area (Å²) in [4.78, 5) is 3.54. The third-order valence-electron chi connectivity index (χ3n) is 4.00. The summed E-state index contributed by atoms with van der Waals surface area (Å²) in [6.45, 7) is 1.72. The van der Waals surface area contributed by atoms with Crippen LogP contribution in [0.25, 0.3) is 0 Å².